The minimum absolute atomic E-state index is 0.0483. The van der Waals surface area contributed by atoms with Gasteiger partial charge in [0.05, 0.1) is 18.3 Å². The third-order valence-electron chi connectivity index (χ3n) is 4.75. The first-order valence-electron chi connectivity index (χ1n) is 8.74. The number of rotatable bonds is 6. The predicted molar refractivity (Wildman–Crippen MR) is 93.1 cm³/mol. The van der Waals surface area contributed by atoms with Gasteiger partial charge in [-0.05, 0) is 57.2 Å². The standard InChI is InChI=1S/C19H29NO4/c1-4-24-16-9-8-15(12-14(16)2)6-5-7-18(22)20-11-10-19(3,23)17(21)13-20/h8-9,12,17,21,23H,4-7,10-11,13H2,1-3H3/t17-,19+/m0/s1. The van der Waals surface area contributed by atoms with Crippen LogP contribution >= 0.6 is 0 Å². The van der Waals surface area contributed by atoms with Crippen molar-refractivity contribution in [3.8, 4) is 5.75 Å². The second kappa shape index (κ2) is 7.99. The molecule has 134 valence electrons. The number of benzene rings is 1. The van der Waals surface area contributed by atoms with Crippen molar-refractivity contribution in [1.82, 2.24) is 4.90 Å². The molecule has 1 fully saturated rings. The van der Waals surface area contributed by atoms with Crippen molar-refractivity contribution < 1.29 is 19.7 Å². The Kier molecular flexibility index (Phi) is 6.24. The van der Waals surface area contributed by atoms with E-state index in [2.05, 4.69) is 6.07 Å². The molecule has 1 saturated heterocycles. The van der Waals surface area contributed by atoms with Crippen LogP contribution in [0.1, 0.15) is 44.2 Å². The monoisotopic (exact) mass is 335 g/mol. The number of hydrogen-bond acceptors (Lipinski definition) is 4. The number of aryl methyl sites for hydroxylation is 2. The van der Waals surface area contributed by atoms with Crippen LogP contribution in [0.3, 0.4) is 0 Å². The molecule has 0 spiro atoms. The number of piperidine rings is 1. The second-order valence-electron chi connectivity index (χ2n) is 6.85. The quantitative estimate of drug-likeness (QED) is 0.835. The molecular formula is C19H29NO4. The van der Waals surface area contributed by atoms with Crippen LogP contribution < -0.4 is 4.74 Å². The number of aliphatic hydroxyl groups is 2. The Hall–Kier alpha value is -1.59. The minimum Gasteiger partial charge on any atom is -0.494 e. The predicted octanol–water partition coefficient (Wildman–Crippen LogP) is 2.06. The summed E-state index contributed by atoms with van der Waals surface area (Å²) in [4.78, 5) is 13.9. The molecule has 1 aromatic rings. The van der Waals surface area contributed by atoms with Crippen LogP contribution in [0.15, 0.2) is 18.2 Å². The molecule has 2 rings (SSSR count). The molecule has 0 radical (unpaired) electrons. The molecule has 5 nitrogen and oxygen atoms in total. The van der Waals surface area contributed by atoms with Gasteiger partial charge in [0.2, 0.25) is 5.91 Å². The number of β-amino-alcohol motifs (C(OH)–C–C–N with tert-alkyl or cyclic N) is 1. The molecule has 0 saturated carbocycles. The lowest BCUT2D eigenvalue weighted by Crippen LogP contribution is -2.55. The maximum atomic E-state index is 12.3. The number of ether oxygens (including phenoxy) is 1. The Morgan fingerprint density at radius 1 is 1.46 bits per heavy atom. The number of carbonyl (C=O) groups is 1. The summed E-state index contributed by atoms with van der Waals surface area (Å²) in [5.74, 6) is 0.957. The van der Waals surface area contributed by atoms with E-state index in [0.29, 0.717) is 26.0 Å². The molecule has 0 unspecified atom stereocenters. The molecule has 5 heteroatoms. The normalized spacial score (nSPS) is 24.0. The van der Waals surface area contributed by atoms with E-state index in [0.717, 1.165) is 24.2 Å². The molecule has 1 heterocycles. The average Bonchev–Trinajstić information content (AvgIpc) is 2.52. The molecule has 24 heavy (non-hydrogen) atoms. The Morgan fingerprint density at radius 2 is 2.21 bits per heavy atom. The molecule has 1 amide bonds. The molecule has 1 aliphatic heterocycles. The lowest BCUT2D eigenvalue weighted by atomic mass is 9.90. The first kappa shape index (κ1) is 18.7. The van der Waals surface area contributed by atoms with Gasteiger partial charge in [-0.2, -0.15) is 0 Å². The van der Waals surface area contributed by atoms with E-state index < -0.39 is 11.7 Å². The maximum Gasteiger partial charge on any atom is 0.222 e. The fourth-order valence-corrected chi connectivity index (χ4v) is 3.04. The van der Waals surface area contributed by atoms with Gasteiger partial charge in [-0.15, -0.1) is 0 Å². The van der Waals surface area contributed by atoms with Crippen molar-refractivity contribution >= 4 is 5.91 Å². The molecular weight excluding hydrogens is 306 g/mol. The van der Waals surface area contributed by atoms with Crippen LogP contribution in [0.5, 0.6) is 5.75 Å². The van der Waals surface area contributed by atoms with Crippen LogP contribution in [0.25, 0.3) is 0 Å². The lowest BCUT2D eigenvalue weighted by molar-refractivity contribution is -0.146. The summed E-state index contributed by atoms with van der Waals surface area (Å²) in [6, 6.07) is 6.14. The van der Waals surface area contributed by atoms with Gasteiger partial charge in [0.1, 0.15) is 5.75 Å². The van der Waals surface area contributed by atoms with Gasteiger partial charge in [0.15, 0.2) is 0 Å². The topological polar surface area (TPSA) is 70.0 Å². The van der Waals surface area contributed by atoms with Gasteiger partial charge in [-0.25, -0.2) is 0 Å². The third kappa shape index (κ3) is 4.71. The summed E-state index contributed by atoms with van der Waals surface area (Å²) in [7, 11) is 0. The molecule has 2 atom stereocenters. The number of hydrogen-bond donors (Lipinski definition) is 2. The zero-order valence-corrected chi connectivity index (χ0v) is 14.9. The van der Waals surface area contributed by atoms with Crippen molar-refractivity contribution in [2.45, 2.75) is 58.2 Å². The smallest absolute Gasteiger partial charge is 0.222 e. The molecule has 0 aliphatic carbocycles. The highest BCUT2D eigenvalue weighted by molar-refractivity contribution is 5.76. The van der Waals surface area contributed by atoms with Crippen LogP contribution in [0.4, 0.5) is 0 Å². The fourth-order valence-electron chi connectivity index (χ4n) is 3.04. The van der Waals surface area contributed by atoms with Crippen LogP contribution in [-0.2, 0) is 11.2 Å². The van der Waals surface area contributed by atoms with Crippen molar-refractivity contribution in [2.24, 2.45) is 0 Å². The molecule has 0 bridgehead atoms. The maximum absolute atomic E-state index is 12.3. The first-order chi connectivity index (χ1) is 11.3. The van der Waals surface area contributed by atoms with Gasteiger partial charge in [0.25, 0.3) is 0 Å². The Labute approximate surface area is 144 Å². The highest BCUT2D eigenvalue weighted by atomic mass is 16.5. The van der Waals surface area contributed by atoms with Gasteiger partial charge in [-0.1, -0.05) is 12.1 Å². The zero-order valence-electron chi connectivity index (χ0n) is 14.9. The van der Waals surface area contributed by atoms with E-state index in [-0.39, 0.29) is 12.5 Å². The number of carbonyl (C=O) groups excluding carboxylic acids is 1. The molecule has 2 N–H and O–H groups in total. The van der Waals surface area contributed by atoms with Crippen LogP contribution in [-0.4, -0.2) is 52.4 Å². The highest BCUT2D eigenvalue weighted by Crippen LogP contribution is 2.23. The second-order valence-corrected chi connectivity index (χ2v) is 6.85. The van der Waals surface area contributed by atoms with Gasteiger partial charge in [0, 0.05) is 19.5 Å². The van der Waals surface area contributed by atoms with Crippen LogP contribution in [0.2, 0.25) is 0 Å². The number of aliphatic hydroxyl groups excluding tert-OH is 1. The van der Waals surface area contributed by atoms with Gasteiger partial charge < -0.3 is 19.8 Å². The number of amides is 1. The van der Waals surface area contributed by atoms with Crippen molar-refractivity contribution in [1.29, 1.82) is 0 Å². The van der Waals surface area contributed by atoms with E-state index in [4.69, 9.17) is 4.74 Å². The zero-order chi connectivity index (χ0) is 17.7. The summed E-state index contributed by atoms with van der Waals surface area (Å²) in [5.41, 5.74) is 1.23. The Balaban J connectivity index is 1.80. The third-order valence-corrected chi connectivity index (χ3v) is 4.75. The highest BCUT2D eigenvalue weighted by Gasteiger charge is 2.37. The summed E-state index contributed by atoms with van der Waals surface area (Å²) >= 11 is 0. The SMILES string of the molecule is CCOc1ccc(CCCC(=O)N2CC[C@@](C)(O)[C@@H](O)C2)cc1C. The largest absolute Gasteiger partial charge is 0.494 e. The lowest BCUT2D eigenvalue weighted by Gasteiger charge is -2.40. The van der Waals surface area contributed by atoms with Gasteiger partial charge in [-0.3, -0.25) is 4.79 Å². The fraction of sp³-hybridized carbons (Fsp3) is 0.632. The molecule has 1 aromatic carbocycles. The number of nitrogens with zero attached hydrogens (tertiary/aromatic N) is 1. The minimum atomic E-state index is -1.09. The van der Waals surface area contributed by atoms with E-state index in [9.17, 15) is 15.0 Å². The number of likely N-dealkylation sites (tertiary alicyclic amines) is 1. The summed E-state index contributed by atoms with van der Waals surface area (Å²) in [5, 5.41) is 19.9. The summed E-state index contributed by atoms with van der Waals surface area (Å²) < 4.78 is 5.54. The Morgan fingerprint density at radius 3 is 2.83 bits per heavy atom. The molecule has 1 aliphatic rings. The summed E-state index contributed by atoms with van der Waals surface area (Å²) in [6.45, 7) is 6.99. The van der Waals surface area contributed by atoms with Crippen molar-refractivity contribution in [2.75, 3.05) is 19.7 Å². The first-order valence-corrected chi connectivity index (χ1v) is 8.74. The van der Waals surface area contributed by atoms with Gasteiger partial charge >= 0.3 is 0 Å². The average molecular weight is 335 g/mol. The van der Waals surface area contributed by atoms with E-state index in [1.165, 1.54) is 5.56 Å². The van der Waals surface area contributed by atoms with E-state index >= 15 is 0 Å². The van der Waals surface area contributed by atoms with E-state index in [1.807, 2.05) is 26.0 Å². The molecule has 0 aromatic heterocycles. The van der Waals surface area contributed by atoms with Crippen LogP contribution in [0, 0.1) is 6.92 Å². The van der Waals surface area contributed by atoms with E-state index in [1.54, 1.807) is 11.8 Å². The van der Waals surface area contributed by atoms with Crippen molar-refractivity contribution in [3.63, 3.8) is 0 Å². The Bertz CT molecular complexity index is 570. The summed E-state index contributed by atoms with van der Waals surface area (Å²) in [6.07, 6.45) is 1.62. The van der Waals surface area contributed by atoms with Crippen molar-refractivity contribution in [3.05, 3.63) is 29.3 Å².